The quantitative estimate of drug-likeness (QED) is 0.478. The number of rotatable bonds is 7. The molecule has 4 heteroatoms. The first-order valence-corrected chi connectivity index (χ1v) is 12.4. The van der Waals surface area contributed by atoms with Gasteiger partial charge in [-0.15, -0.1) is 11.8 Å². The number of carbonyl (C=O) groups is 1. The molecule has 30 heavy (non-hydrogen) atoms. The van der Waals surface area contributed by atoms with Gasteiger partial charge in [0.1, 0.15) is 0 Å². The molecule has 1 aromatic carbocycles. The average Bonchev–Trinajstić information content (AvgIpc) is 2.73. The van der Waals surface area contributed by atoms with E-state index < -0.39 is 6.29 Å². The third-order valence-corrected chi connectivity index (χ3v) is 7.19. The lowest BCUT2D eigenvalue weighted by Gasteiger charge is -2.25. The van der Waals surface area contributed by atoms with E-state index >= 15 is 0 Å². The van der Waals surface area contributed by atoms with Crippen molar-refractivity contribution in [3.63, 3.8) is 0 Å². The Morgan fingerprint density at radius 2 is 2.03 bits per heavy atom. The van der Waals surface area contributed by atoms with Gasteiger partial charge in [0.2, 0.25) is 0 Å². The van der Waals surface area contributed by atoms with E-state index in [1.807, 2.05) is 6.92 Å². The predicted octanol–water partition coefficient (Wildman–Crippen LogP) is 4.48. The molecule has 0 spiro atoms. The van der Waals surface area contributed by atoms with Crippen molar-refractivity contribution in [1.29, 1.82) is 0 Å². The van der Waals surface area contributed by atoms with Crippen molar-refractivity contribution in [1.82, 2.24) is 0 Å². The van der Waals surface area contributed by atoms with Gasteiger partial charge in [-0.25, -0.2) is 0 Å². The lowest BCUT2D eigenvalue weighted by Crippen LogP contribution is -2.32. The van der Waals surface area contributed by atoms with Crippen LogP contribution in [0.2, 0.25) is 0 Å². The van der Waals surface area contributed by atoms with E-state index in [4.69, 9.17) is 9.47 Å². The summed E-state index contributed by atoms with van der Waals surface area (Å²) in [6.07, 6.45) is 17.0. The molecule has 0 heterocycles. The van der Waals surface area contributed by atoms with Crippen LogP contribution in [0.3, 0.4) is 0 Å². The van der Waals surface area contributed by atoms with Gasteiger partial charge in [-0.05, 0) is 47.3 Å². The van der Waals surface area contributed by atoms with Crippen molar-refractivity contribution in [3.8, 4) is 0 Å². The van der Waals surface area contributed by atoms with Crippen molar-refractivity contribution < 1.29 is 14.3 Å². The molecule has 1 aromatic rings. The number of ether oxygens (including phenoxy) is 2. The van der Waals surface area contributed by atoms with Crippen LogP contribution in [0.1, 0.15) is 51.5 Å². The summed E-state index contributed by atoms with van der Waals surface area (Å²) in [7, 11) is 0. The lowest BCUT2D eigenvalue weighted by atomic mass is 9.80. The molecule has 3 unspecified atom stereocenters. The smallest absolute Gasteiger partial charge is 0.318 e. The number of hydrogen-bond acceptors (Lipinski definition) is 4. The maximum atomic E-state index is 12.2. The number of esters is 1. The fraction of sp³-hybridized carbons (Fsp3) is 0.500. The SMILES string of the molecule is CC(OC(=O)CSCc1ccc2c(c1)=CC1=CC=CC(C)C1C=2)OC1CCCCC1. The van der Waals surface area contributed by atoms with Crippen LogP contribution in [0.25, 0.3) is 12.2 Å². The van der Waals surface area contributed by atoms with Gasteiger partial charge in [-0.3, -0.25) is 4.79 Å². The van der Waals surface area contributed by atoms with Crippen LogP contribution in [-0.2, 0) is 20.0 Å². The van der Waals surface area contributed by atoms with E-state index in [1.165, 1.54) is 40.8 Å². The lowest BCUT2D eigenvalue weighted by molar-refractivity contribution is -0.184. The molecule has 0 amide bonds. The van der Waals surface area contributed by atoms with E-state index in [2.05, 4.69) is 55.5 Å². The number of benzene rings is 1. The summed E-state index contributed by atoms with van der Waals surface area (Å²) in [6.45, 7) is 4.10. The van der Waals surface area contributed by atoms with Crippen molar-refractivity contribution >= 4 is 29.9 Å². The Balaban J connectivity index is 1.27. The summed E-state index contributed by atoms with van der Waals surface area (Å²) in [5.41, 5.74) is 2.62. The monoisotopic (exact) mass is 424 g/mol. The molecule has 4 rings (SSSR count). The van der Waals surface area contributed by atoms with Crippen LogP contribution in [0.5, 0.6) is 0 Å². The maximum absolute atomic E-state index is 12.2. The first kappa shape index (κ1) is 21.5. The Morgan fingerprint density at radius 1 is 1.20 bits per heavy atom. The summed E-state index contributed by atoms with van der Waals surface area (Å²) in [5.74, 6) is 1.97. The van der Waals surface area contributed by atoms with E-state index in [0.717, 1.165) is 18.6 Å². The second-order valence-corrected chi connectivity index (χ2v) is 9.64. The summed E-state index contributed by atoms with van der Waals surface area (Å²) < 4.78 is 11.3. The first-order chi connectivity index (χ1) is 14.6. The van der Waals surface area contributed by atoms with Crippen LogP contribution in [0, 0.1) is 11.8 Å². The summed E-state index contributed by atoms with van der Waals surface area (Å²) in [4.78, 5) is 12.2. The molecule has 1 saturated carbocycles. The Hall–Kier alpha value is -1.78. The minimum atomic E-state index is -0.455. The number of carbonyl (C=O) groups excluding carboxylic acids is 1. The molecule has 3 aliphatic carbocycles. The average molecular weight is 425 g/mol. The zero-order valence-electron chi connectivity index (χ0n) is 18.0. The summed E-state index contributed by atoms with van der Waals surface area (Å²) in [6, 6.07) is 6.63. The predicted molar refractivity (Wildman–Crippen MR) is 124 cm³/mol. The number of thioether (sulfide) groups is 1. The number of hydrogen-bond donors (Lipinski definition) is 0. The van der Waals surface area contributed by atoms with Crippen LogP contribution < -0.4 is 10.4 Å². The zero-order valence-corrected chi connectivity index (χ0v) is 18.8. The highest BCUT2D eigenvalue weighted by atomic mass is 32.2. The molecule has 0 bridgehead atoms. The molecule has 0 N–H and O–H groups in total. The number of allylic oxidation sites excluding steroid dienone is 4. The molecule has 160 valence electrons. The van der Waals surface area contributed by atoms with Gasteiger partial charge in [0.15, 0.2) is 6.29 Å². The van der Waals surface area contributed by atoms with Gasteiger partial charge >= 0.3 is 5.97 Å². The van der Waals surface area contributed by atoms with Crippen LogP contribution >= 0.6 is 11.8 Å². The van der Waals surface area contributed by atoms with Crippen molar-refractivity contribution in [3.05, 3.63) is 58.0 Å². The number of fused-ring (bicyclic) bond motifs is 2. The van der Waals surface area contributed by atoms with Crippen LogP contribution in [0.15, 0.2) is 42.0 Å². The van der Waals surface area contributed by atoms with Crippen LogP contribution in [0.4, 0.5) is 0 Å². The highest BCUT2D eigenvalue weighted by Crippen LogP contribution is 2.29. The standard InChI is InChI=1S/C26H32O3S/c1-18-7-6-8-22-14-23-13-20(11-12-21(23)15-25(18)22)16-30-17-26(27)29-19(2)28-24-9-4-3-5-10-24/h6-8,11-15,18-19,24-25H,3-5,9-10,16-17H2,1-2H3. The molecule has 0 saturated heterocycles. The highest BCUT2D eigenvalue weighted by Gasteiger charge is 2.21. The minimum Gasteiger partial charge on any atom is -0.435 e. The molecule has 3 atom stereocenters. The Bertz CT molecular complexity index is 940. The van der Waals surface area contributed by atoms with E-state index in [0.29, 0.717) is 17.6 Å². The Kier molecular flexibility index (Phi) is 7.16. The highest BCUT2D eigenvalue weighted by molar-refractivity contribution is 7.99. The third-order valence-electron chi connectivity index (χ3n) is 6.21. The summed E-state index contributed by atoms with van der Waals surface area (Å²) >= 11 is 1.60. The molecule has 0 radical (unpaired) electrons. The Morgan fingerprint density at radius 3 is 2.87 bits per heavy atom. The molecule has 0 aliphatic heterocycles. The van der Waals surface area contributed by atoms with E-state index in [9.17, 15) is 4.79 Å². The molecule has 1 fully saturated rings. The largest absolute Gasteiger partial charge is 0.435 e. The van der Waals surface area contributed by atoms with E-state index in [-0.39, 0.29) is 12.1 Å². The van der Waals surface area contributed by atoms with E-state index in [1.54, 1.807) is 11.8 Å². The summed E-state index contributed by atoms with van der Waals surface area (Å²) in [5, 5.41) is 2.58. The van der Waals surface area contributed by atoms with Crippen LogP contribution in [-0.4, -0.2) is 24.1 Å². The fourth-order valence-corrected chi connectivity index (χ4v) is 5.36. The molecule has 0 aromatic heterocycles. The Labute approximate surface area is 183 Å². The zero-order chi connectivity index (χ0) is 20.9. The van der Waals surface area contributed by atoms with Gasteiger partial charge in [0, 0.05) is 11.7 Å². The molecular weight excluding hydrogens is 392 g/mol. The van der Waals surface area contributed by atoms with Crippen molar-refractivity contribution in [2.24, 2.45) is 11.8 Å². The maximum Gasteiger partial charge on any atom is 0.318 e. The first-order valence-electron chi connectivity index (χ1n) is 11.2. The minimum absolute atomic E-state index is 0.197. The fourth-order valence-electron chi connectivity index (χ4n) is 4.60. The van der Waals surface area contributed by atoms with Crippen molar-refractivity contribution in [2.75, 3.05) is 5.75 Å². The van der Waals surface area contributed by atoms with Gasteiger partial charge in [-0.1, -0.05) is 74.8 Å². The molecule has 3 aliphatic rings. The molecule has 3 nitrogen and oxygen atoms in total. The third kappa shape index (κ3) is 5.47. The van der Waals surface area contributed by atoms with Gasteiger partial charge in [-0.2, -0.15) is 0 Å². The van der Waals surface area contributed by atoms with Gasteiger partial charge in [0.25, 0.3) is 0 Å². The van der Waals surface area contributed by atoms with Gasteiger partial charge < -0.3 is 9.47 Å². The normalized spacial score (nSPS) is 24.0. The second kappa shape index (κ2) is 10.0. The topological polar surface area (TPSA) is 35.5 Å². The van der Waals surface area contributed by atoms with Gasteiger partial charge in [0.05, 0.1) is 11.9 Å². The van der Waals surface area contributed by atoms with Crippen molar-refractivity contribution in [2.45, 2.75) is 64.1 Å². The molecular formula is C26H32O3S. The second-order valence-electron chi connectivity index (χ2n) is 8.66.